The van der Waals surface area contributed by atoms with Crippen molar-refractivity contribution >= 4 is 5.71 Å². The Morgan fingerprint density at radius 2 is 2.30 bits per heavy atom. The Labute approximate surface area is 57.6 Å². The zero-order valence-electron chi connectivity index (χ0n) is 5.51. The van der Waals surface area contributed by atoms with E-state index in [0.29, 0.717) is 12.1 Å². The summed E-state index contributed by atoms with van der Waals surface area (Å²) in [5.41, 5.74) is 3.74. The number of nitrogens with zero attached hydrogens (tertiary/aromatic N) is 2. The van der Waals surface area contributed by atoms with Gasteiger partial charge in [0.25, 0.3) is 6.43 Å². The fourth-order valence-corrected chi connectivity index (χ4v) is 0.750. The predicted octanol–water partition coefficient (Wildman–Crippen LogP) is 1.52. The molecule has 0 saturated carbocycles. The molecule has 2 nitrogen and oxygen atoms in total. The predicted molar refractivity (Wildman–Crippen MR) is 33.9 cm³/mol. The minimum Gasteiger partial charge on any atom is -0.205 e. The lowest BCUT2D eigenvalue weighted by Crippen LogP contribution is -2.05. The van der Waals surface area contributed by atoms with Gasteiger partial charge < -0.3 is 0 Å². The molecule has 0 aromatic carbocycles. The average Bonchev–Trinajstić information content (AvgIpc) is 2.33. The summed E-state index contributed by atoms with van der Waals surface area (Å²) in [7, 11) is 0. The molecule has 0 aromatic rings. The average molecular weight is 145 g/mol. The van der Waals surface area contributed by atoms with E-state index in [-0.39, 0.29) is 5.57 Å². The molecule has 0 aromatic heterocycles. The quantitative estimate of drug-likeness (QED) is 0.563. The number of halogens is 2. The Balaban J connectivity index is 2.69. The normalized spacial score (nSPS) is 16.8. The Hall–Kier alpha value is -0.930. The molecule has 0 bridgehead atoms. The van der Waals surface area contributed by atoms with Crippen LogP contribution in [0.15, 0.2) is 16.9 Å². The lowest BCUT2D eigenvalue weighted by atomic mass is 10.1. The molecule has 0 spiro atoms. The van der Waals surface area contributed by atoms with Gasteiger partial charge >= 0.3 is 0 Å². The minimum atomic E-state index is -2.44. The summed E-state index contributed by atoms with van der Waals surface area (Å²) in [6.45, 7) is 1.77. The highest BCUT2D eigenvalue weighted by molar-refractivity contribution is 6.01. The van der Waals surface area contributed by atoms with Crippen LogP contribution in [0.5, 0.6) is 0 Å². The van der Waals surface area contributed by atoms with E-state index in [4.69, 9.17) is 0 Å². The molecule has 55 valence electrons. The van der Waals surface area contributed by atoms with E-state index in [1.54, 1.807) is 6.92 Å². The second kappa shape index (κ2) is 2.77. The second-order valence-electron chi connectivity index (χ2n) is 1.90. The molecule has 0 atom stereocenters. The summed E-state index contributed by atoms with van der Waals surface area (Å²) in [5.74, 6) is 0. The summed E-state index contributed by atoms with van der Waals surface area (Å²) in [4.78, 5) is 0. The molecule has 10 heavy (non-hydrogen) atoms. The van der Waals surface area contributed by atoms with Gasteiger partial charge in [-0.3, -0.25) is 0 Å². The monoisotopic (exact) mass is 145 g/mol. The molecule has 1 aliphatic rings. The van der Waals surface area contributed by atoms with E-state index in [1.807, 2.05) is 0 Å². The van der Waals surface area contributed by atoms with E-state index < -0.39 is 6.43 Å². The van der Waals surface area contributed by atoms with Crippen molar-refractivity contribution in [3.8, 4) is 0 Å². The molecule has 1 rings (SSSR count). The molecule has 0 saturated heterocycles. The highest BCUT2D eigenvalue weighted by Crippen LogP contribution is 2.15. The summed E-state index contributed by atoms with van der Waals surface area (Å²) in [6, 6.07) is 0. The highest BCUT2D eigenvalue weighted by Gasteiger charge is 2.19. The lowest BCUT2D eigenvalue weighted by molar-refractivity contribution is 0.196. The van der Waals surface area contributed by atoms with Crippen molar-refractivity contribution in [2.24, 2.45) is 5.10 Å². The minimum absolute atomic E-state index is 0.0394. The highest BCUT2D eigenvalue weighted by atomic mass is 19.3. The summed E-state index contributed by atoms with van der Waals surface area (Å²) in [6.07, 6.45) is -0.812. The van der Waals surface area contributed by atoms with Crippen molar-refractivity contribution in [2.75, 3.05) is 0 Å². The molecule has 0 fully saturated rings. The molecule has 1 heterocycles. The second-order valence-corrected chi connectivity index (χ2v) is 1.90. The molecule has 1 aliphatic heterocycles. The molecular formula is C6H7F2N2. The van der Waals surface area contributed by atoms with Crippen LogP contribution in [0, 0.1) is 0 Å². The van der Waals surface area contributed by atoms with Crippen molar-refractivity contribution in [3.05, 3.63) is 11.8 Å². The Bertz CT molecular complexity index is 184. The van der Waals surface area contributed by atoms with Gasteiger partial charge in [0.15, 0.2) is 0 Å². The van der Waals surface area contributed by atoms with Crippen LogP contribution in [-0.2, 0) is 0 Å². The summed E-state index contributed by atoms with van der Waals surface area (Å²) in [5, 5.41) is 3.53. The molecule has 1 radical (unpaired) electrons. The van der Waals surface area contributed by atoms with Gasteiger partial charge in [-0.2, -0.15) is 10.5 Å². The lowest BCUT2D eigenvalue weighted by Gasteiger charge is -1.98. The maximum absolute atomic E-state index is 12.0. The van der Waals surface area contributed by atoms with Crippen LogP contribution in [0.25, 0.3) is 0 Å². The van der Waals surface area contributed by atoms with Gasteiger partial charge in [0.2, 0.25) is 0 Å². The van der Waals surface area contributed by atoms with Crippen molar-refractivity contribution in [3.63, 3.8) is 0 Å². The van der Waals surface area contributed by atoms with E-state index in [0.717, 1.165) is 6.20 Å². The smallest absolute Gasteiger partial charge is 0.205 e. The van der Waals surface area contributed by atoms with Gasteiger partial charge in [-0.1, -0.05) is 6.92 Å². The summed E-state index contributed by atoms with van der Waals surface area (Å²) < 4.78 is 23.9. The molecule has 0 aliphatic carbocycles. The molecular weight excluding hydrogens is 138 g/mol. The van der Waals surface area contributed by atoms with Crippen LogP contribution in [-0.4, -0.2) is 12.1 Å². The largest absolute Gasteiger partial charge is 0.267 e. The van der Waals surface area contributed by atoms with E-state index in [1.165, 1.54) is 0 Å². The molecule has 4 heteroatoms. The first-order chi connectivity index (χ1) is 4.75. The first kappa shape index (κ1) is 7.18. The van der Waals surface area contributed by atoms with Crippen molar-refractivity contribution in [1.82, 2.24) is 5.43 Å². The van der Waals surface area contributed by atoms with Crippen molar-refractivity contribution in [1.29, 1.82) is 0 Å². The van der Waals surface area contributed by atoms with Crippen LogP contribution in [0.1, 0.15) is 13.3 Å². The van der Waals surface area contributed by atoms with Crippen LogP contribution in [0.3, 0.4) is 0 Å². The first-order valence-corrected chi connectivity index (χ1v) is 3.01. The van der Waals surface area contributed by atoms with Crippen LogP contribution in [0.2, 0.25) is 0 Å². The van der Waals surface area contributed by atoms with Crippen LogP contribution < -0.4 is 5.43 Å². The van der Waals surface area contributed by atoms with Crippen molar-refractivity contribution in [2.45, 2.75) is 19.8 Å². The summed E-state index contributed by atoms with van der Waals surface area (Å²) >= 11 is 0. The Kier molecular flexibility index (Phi) is 1.99. The van der Waals surface area contributed by atoms with Gasteiger partial charge in [-0.15, -0.1) is 0 Å². The fourth-order valence-electron chi connectivity index (χ4n) is 0.750. The van der Waals surface area contributed by atoms with E-state index in [2.05, 4.69) is 10.5 Å². The van der Waals surface area contributed by atoms with Gasteiger partial charge in [0, 0.05) is 0 Å². The molecule has 0 unspecified atom stereocenters. The number of hydrogen-bond acceptors (Lipinski definition) is 1. The van der Waals surface area contributed by atoms with Crippen molar-refractivity contribution < 1.29 is 8.78 Å². The zero-order valence-corrected chi connectivity index (χ0v) is 5.51. The van der Waals surface area contributed by atoms with E-state index in [9.17, 15) is 8.78 Å². The topological polar surface area (TPSA) is 26.5 Å². The van der Waals surface area contributed by atoms with Crippen LogP contribution >= 0.6 is 0 Å². The SMILES string of the molecule is CCC1=N[N]C=C1C(F)F. The Morgan fingerprint density at radius 3 is 2.70 bits per heavy atom. The zero-order chi connectivity index (χ0) is 7.56. The standard InChI is InChI=1S/C6H7F2N2/c1-2-5-4(6(7)8)3-9-10-5/h3,6H,2H2,1H3. The Morgan fingerprint density at radius 1 is 1.60 bits per heavy atom. The fraction of sp³-hybridized carbons (Fsp3) is 0.500. The van der Waals surface area contributed by atoms with Gasteiger partial charge in [-0.05, 0) is 6.42 Å². The number of rotatable bonds is 2. The van der Waals surface area contributed by atoms with E-state index >= 15 is 0 Å². The molecule has 0 N–H and O–H groups in total. The maximum Gasteiger partial charge on any atom is 0.267 e. The molecule has 0 amide bonds. The third kappa shape index (κ3) is 1.15. The number of hydrogen-bond donors (Lipinski definition) is 0. The number of alkyl halides is 2. The van der Waals surface area contributed by atoms with Gasteiger partial charge in [0.1, 0.15) is 0 Å². The third-order valence-electron chi connectivity index (χ3n) is 1.28. The van der Waals surface area contributed by atoms with Gasteiger partial charge in [-0.25, -0.2) is 8.78 Å². The maximum atomic E-state index is 12.0. The number of allylic oxidation sites excluding steroid dienone is 1. The van der Waals surface area contributed by atoms with Crippen LogP contribution in [0.4, 0.5) is 8.78 Å². The van der Waals surface area contributed by atoms with Gasteiger partial charge in [0.05, 0.1) is 17.5 Å². The third-order valence-corrected chi connectivity index (χ3v) is 1.28. The first-order valence-electron chi connectivity index (χ1n) is 3.01.